The molecule has 40 heavy (non-hydrogen) atoms. The first kappa shape index (κ1) is 28.6. The molecule has 0 bridgehead atoms. The van der Waals surface area contributed by atoms with E-state index in [1.807, 2.05) is 66.7 Å². The summed E-state index contributed by atoms with van der Waals surface area (Å²) < 4.78 is 6.09. The number of para-hydroxylation sites is 1. The number of hydrogen-bond donors (Lipinski definition) is 0. The van der Waals surface area contributed by atoms with Crippen LogP contribution in [0.4, 0.5) is 22.2 Å². The number of carbonyl (C=O) groups excluding carboxylic acids is 1. The lowest BCUT2D eigenvalue weighted by Crippen LogP contribution is -2.57. The van der Waals surface area contributed by atoms with E-state index < -0.39 is 5.72 Å². The zero-order valence-electron chi connectivity index (χ0n) is 23.9. The third-order valence-electron chi connectivity index (χ3n) is 8.73. The molecule has 2 amide bonds. The number of rotatable bonds is 6. The van der Waals surface area contributed by atoms with Gasteiger partial charge in [-0.2, -0.15) is 4.98 Å². The second-order valence-corrected chi connectivity index (χ2v) is 12.8. The lowest BCUT2D eigenvalue weighted by Gasteiger charge is -2.52. The van der Waals surface area contributed by atoms with Gasteiger partial charge < -0.3 is 9.33 Å². The van der Waals surface area contributed by atoms with Gasteiger partial charge in [-0.1, -0.05) is 81.8 Å². The maximum atomic E-state index is 14.0. The van der Waals surface area contributed by atoms with Gasteiger partial charge in [0.2, 0.25) is 16.4 Å². The van der Waals surface area contributed by atoms with Crippen LogP contribution in [0.5, 0.6) is 0 Å². The quantitative estimate of drug-likeness (QED) is 0.234. The summed E-state index contributed by atoms with van der Waals surface area (Å²) in [6, 6.07) is 17.2. The van der Waals surface area contributed by atoms with Gasteiger partial charge in [0.25, 0.3) is 0 Å². The molecule has 209 valence electrons. The Hall–Kier alpha value is -2.94. The van der Waals surface area contributed by atoms with Crippen molar-refractivity contribution < 1.29 is 9.22 Å². The molecule has 3 radical (unpaired) electrons. The standard InChI is InChI=1S/C31H37ClN5O2Si/c1-21-17-24(30(2,3)4)15-16-31(21,39-40)35(5)28-33-18-23-20-36(26-14-10-9-13-25(26)32)29(38)37(27(23)34-28)19-22-11-7-6-8-12-22/h6-14,18,21,24H,15-17,19-20H2,1-5H3. The average molecular weight is 575 g/mol. The summed E-state index contributed by atoms with van der Waals surface area (Å²) in [6.07, 6.45) is 4.74. The molecule has 3 atom stereocenters. The number of aromatic nitrogens is 2. The lowest BCUT2D eigenvalue weighted by atomic mass is 9.66. The highest BCUT2D eigenvalue weighted by molar-refractivity contribution is 6.34. The molecular weight excluding hydrogens is 538 g/mol. The maximum absolute atomic E-state index is 14.0. The summed E-state index contributed by atoms with van der Waals surface area (Å²) in [5.41, 5.74) is 2.14. The second-order valence-electron chi connectivity index (χ2n) is 12.2. The Balaban J connectivity index is 1.52. The molecule has 0 saturated heterocycles. The smallest absolute Gasteiger partial charge is 0.330 e. The summed E-state index contributed by atoms with van der Waals surface area (Å²) in [7, 11) is 5.42. The monoisotopic (exact) mass is 574 g/mol. The molecule has 5 rings (SSSR count). The number of halogens is 1. The van der Waals surface area contributed by atoms with Gasteiger partial charge in [-0.3, -0.25) is 9.80 Å². The van der Waals surface area contributed by atoms with E-state index in [1.54, 1.807) is 15.9 Å². The Morgan fingerprint density at radius 3 is 2.50 bits per heavy atom. The molecule has 9 heteroatoms. The molecule has 1 aliphatic heterocycles. The van der Waals surface area contributed by atoms with E-state index >= 15 is 0 Å². The zero-order chi connectivity index (χ0) is 28.7. The molecule has 0 spiro atoms. The van der Waals surface area contributed by atoms with Gasteiger partial charge in [0, 0.05) is 24.7 Å². The van der Waals surface area contributed by atoms with Crippen LogP contribution in [-0.4, -0.2) is 39.3 Å². The molecule has 1 fully saturated rings. The van der Waals surface area contributed by atoms with Crippen molar-refractivity contribution in [2.45, 2.75) is 65.8 Å². The highest BCUT2D eigenvalue weighted by atomic mass is 35.5. The van der Waals surface area contributed by atoms with Gasteiger partial charge in [0.15, 0.2) is 0 Å². The fourth-order valence-corrected chi connectivity index (χ4v) is 6.85. The predicted molar refractivity (Wildman–Crippen MR) is 162 cm³/mol. The zero-order valence-corrected chi connectivity index (χ0v) is 25.7. The minimum Gasteiger partial charge on any atom is -0.396 e. The Morgan fingerprint density at radius 1 is 1.15 bits per heavy atom. The first-order valence-corrected chi connectivity index (χ1v) is 14.7. The molecule has 0 N–H and O–H groups in total. The van der Waals surface area contributed by atoms with E-state index in [1.165, 1.54) is 0 Å². The molecule has 2 aromatic carbocycles. The van der Waals surface area contributed by atoms with Crippen molar-refractivity contribution in [2.24, 2.45) is 17.3 Å². The van der Waals surface area contributed by atoms with Gasteiger partial charge >= 0.3 is 6.03 Å². The van der Waals surface area contributed by atoms with Gasteiger partial charge in [0.1, 0.15) is 11.5 Å². The van der Waals surface area contributed by atoms with Crippen LogP contribution in [0.2, 0.25) is 5.02 Å². The topological polar surface area (TPSA) is 61.8 Å². The number of fused-ring (bicyclic) bond motifs is 1. The number of nitrogens with zero attached hydrogens (tertiary/aromatic N) is 5. The maximum Gasteiger partial charge on any atom is 0.330 e. The molecule has 3 aromatic rings. The van der Waals surface area contributed by atoms with Crippen LogP contribution in [-0.2, 0) is 17.5 Å². The number of benzene rings is 2. The van der Waals surface area contributed by atoms with Crippen molar-refractivity contribution in [1.29, 1.82) is 0 Å². The number of carbonyl (C=O) groups is 1. The number of urea groups is 1. The average Bonchev–Trinajstić information content (AvgIpc) is 2.94. The number of amides is 2. The molecule has 7 nitrogen and oxygen atoms in total. The third kappa shape index (κ3) is 5.24. The highest BCUT2D eigenvalue weighted by Crippen LogP contribution is 2.47. The molecule has 3 unspecified atom stereocenters. The lowest BCUT2D eigenvalue weighted by molar-refractivity contribution is -0.0433. The fourth-order valence-electron chi connectivity index (χ4n) is 6.17. The van der Waals surface area contributed by atoms with Crippen LogP contribution in [0, 0.1) is 17.3 Å². The predicted octanol–water partition coefficient (Wildman–Crippen LogP) is 6.99. The summed E-state index contributed by atoms with van der Waals surface area (Å²) in [4.78, 5) is 29.3. The van der Waals surface area contributed by atoms with E-state index in [9.17, 15) is 4.79 Å². The van der Waals surface area contributed by atoms with E-state index in [4.69, 9.17) is 26.0 Å². The summed E-state index contributed by atoms with van der Waals surface area (Å²) in [5.74, 6) is 1.96. The molecule has 2 aliphatic rings. The van der Waals surface area contributed by atoms with Crippen molar-refractivity contribution in [3.63, 3.8) is 0 Å². The Bertz CT molecular complexity index is 1370. The number of anilines is 3. The minimum atomic E-state index is -0.612. The van der Waals surface area contributed by atoms with Crippen LogP contribution in [0.25, 0.3) is 0 Å². The first-order valence-electron chi connectivity index (χ1n) is 13.9. The van der Waals surface area contributed by atoms with Crippen LogP contribution in [0.15, 0.2) is 60.8 Å². The van der Waals surface area contributed by atoms with Crippen molar-refractivity contribution in [3.8, 4) is 0 Å². The highest BCUT2D eigenvalue weighted by Gasteiger charge is 2.48. The Kier molecular flexibility index (Phi) is 7.96. The van der Waals surface area contributed by atoms with E-state index in [0.29, 0.717) is 41.5 Å². The van der Waals surface area contributed by atoms with Gasteiger partial charge in [-0.05, 0) is 48.3 Å². The summed E-state index contributed by atoms with van der Waals surface area (Å²) in [6.45, 7) is 9.87. The molecular formula is C31H37ClN5O2Si. The summed E-state index contributed by atoms with van der Waals surface area (Å²) in [5, 5.41) is 0.521. The third-order valence-corrected chi connectivity index (χ3v) is 9.40. The van der Waals surface area contributed by atoms with Crippen LogP contribution in [0.1, 0.15) is 58.1 Å². The van der Waals surface area contributed by atoms with Gasteiger partial charge in [0.05, 0.1) is 23.8 Å². The van der Waals surface area contributed by atoms with E-state index in [2.05, 4.69) is 38.2 Å². The van der Waals surface area contributed by atoms with Gasteiger partial charge in [-0.25, -0.2) is 9.78 Å². The summed E-state index contributed by atoms with van der Waals surface area (Å²) >= 11 is 6.53. The first-order chi connectivity index (χ1) is 19.0. The van der Waals surface area contributed by atoms with E-state index in [0.717, 1.165) is 30.4 Å². The van der Waals surface area contributed by atoms with Crippen molar-refractivity contribution in [2.75, 3.05) is 21.7 Å². The number of hydrogen-bond acceptors (Lipinski definition) is 5. The largest absolute Gasteiger partial charge is 0.396 e. The van der Waals surface area contributed by atoms with Gasteiger partial charge in [-0.15, -0.1) is 0 Å². The second kappa shape index (κ2) is 11.1. The van der Waals surface area contributed by atoms with Crippen LogP contribution >= 0.6 is 11.6 Å². The minimum absolute atomic E-state index is 0.179. The fraction of sp³-hybridized carbons (Fsp3) is 0.452. The molecule has 1 aliphatic carbocycles. The van der Waals surface area contributed by atoms with E-state index in [-0.39, 0.29) is 17.4 Å². The SMILES string of the molecule is CC1CC(C(C)(C)C)CCC1(O[Si])N(C)c1ncc2c(n1)N(Cc1ccccc1)C(=O)N(c1ccccc1Cl)C2. The Labute approximate surface area is 246 Å². The molecule has 1 aromatic heterocycles. The molecule has 1 saturated carbocycles. The van der Waals surface area contributed by atoms with Crippen molar-refractivity contribution in [3.05, 3.63) is 76.9 Å². The van der Waals surface area contributed by atoms with Crippen LogP contribution in [0.3, 0.4) is 0 Å². The Morgan fingerprint density at radius 2 is 1.85 bits per heavy atom. The van der Waals surface area contributed by atoms with Crippen molar-refractivity contribution in [1.82, 2.24) is 9.97 Å². The van der Waals surface area contributed by atoms with Crippen LogP contribution < -0.4 is 14.7 Å². The molecule has 2 heterocycles. The normalized spacial score (nSPS) is 23.2. The van der Waals surface area contributed by atoms with Crippen molar-refractivity contribution >= 4 is 45.6 Å².